The number of hydrogen-bond acceptors (Lipinski definition) is 5. The maximum Gasteiger partial charge on any atom is 0.274 e. The van der Waals surface area contributed by atoms with Crippen molar-refractivity contribution in [2.45, 2.75) is 12.8 Å². The minimum atomic E-state index is -0.334. The summed E-state index contributed by atoms with van der Waals surface area (Å²) < 4.78 is 0. The quantitative estimate of drug-likeness (QED) is 0.775. The molecule has 6 heteroatoms. The molecule has 1 amide bonds. The van der Waals surface area contributed by atoms with E-state index in [0.717, 1.165) is 25.1 Å². The monoisotopic (exact) mass is 355 g/mol. The number of carbonyl (C=O) groups is 1. The van der Waals surface area contributed by atoms with Crippen molar-refractivity contribution in [3.8, 4) is 6.07 Å². The lowest BCUT2D eigenvalue weighted by molar-refractivity contribution is 0.102. The van der Waals surface area contributed by atoms with Crippen LogP contribution in [0.1, 0.15) is 28.0 Å². The van der Waals surface area contributed by atoms with Crippen LogP contribution in [0.5, 0.6) is 0 Å². The van der Waals surface area contributed by atoms with Crippen molar-refractivity contribution in [3.63, 3.8) is 0 Å². The maximum absolute atomic E-state index is 12.6. The van der Waals surface area contributed by atoms with Gasteiger partial charge < -0.3 is 10.2 Å². The van der Waals surface area contributed by atoms with Crippen LogP contribution in [0.25, 0.3) is 0 Å². The van der Waals surface area contributed by atoms with Gasteiger partial charge in [-0.25, -0.2) is 9.97 Å². The molecule has 0 spiro atoms. The summed E-state index contributed by atoms with van der Waals surface area (Å²) in [5, 5.41) is 11.8. The number of anilines is 3. The van der Waals surface area contributed by atoms with Crippen LogP contribution in [0.4, 0.5) is 17.3 Å². The fourth-order valence-corrected chi connectivity index (χ4v) is 3.21. The highest BCUT2D eigenvalue weighted by atomic mass is 16.1. The van der Waals surface area contributed by atoms with Gasteiger partial charge in [-0.05, 0) is 48.7 Å². The minimum absolute atomic E-state index is 0.283. The molecule has 0 atom stereocenters. The molecule has 1 aromatic heterocycles. The lowest BCUT2D eigenvalue weighted by atomic mass is 10.0. The van der Waals surface area contributed by atoms with E-state index in [1.807, 2.05) is 17.0 Å². The Labute approximate surface area is 157 Å². The van der Waals surface area contributed by atoms with Crippen molar-refractivity contribution in [3.05, 3.63) is 77.6 Å². The number of hydrogen-bond donors (Lipinski definition) is 1. The minimum Gasteiger partial charge on any atom is -0.321 e. The van der Waals surface area contributed by atoms with Crippen LogP contribution in [0.3, 0.4) is 0 Å². The standard InChI is InChI=1S/C21H17N5O/c22-14-15-5-3-8-17(13-15)24-20(27)18-10-11-23-21(25-18)26-12-4-7-16-6-1-2-9-19(16)26/h1-3,5-6,8-11,13H,4,7,12H2,(H,24,27). The Balaban J connectivity index is 1.60. The van der Waals surface area contributed by atoms with E-state index in [-0.39, 0.29) is 11.6 Å². The normalized spacial score (nSPS) is 12.8. The van der Waals surface area contributed by atoms with E-state index >= 15 is 0 Å². The SMILES string of the molecule is N#Cc1cccc(NC(=O)c2ccnc(N3CCCc4ccccc43)n2)c1. The van der Waals surface area contributed by atoms with Crippen LogP contribution in [0.15, 0.2) is 60.8 Å². The molecule has 0 radical (unpaired) electrons. The van der Waals surface area contributed by atoms with Crippen molar-refractivity contribution in [2.24, 2.45) is 0 Å². The molecule has 0 fully saturated rings. The lowest BCUT2D eigenvalue weighted by Gasteiger charge is -2.29. The van der Waals surface area contributed by atoms with Gasteiger partial charge in [0.2, 0.25) is 5.95 Å². The van der Waals surface area contributed by atoms with Gasteiger partial charge in [-0.3, -0.25) is 4.79 Å². The van der Waals surface area contributed by atoms with Crippen LogP contribution in [-0.2, 0) is 6.42 Å². The number of rotatable bonds is 3. The zero-order valence-corrected chi connectivity index (χ0v) is 14.6. The Bertz CT molecular complexity index is 1040. The average Bonchev–Trinajstić information content (AvgIpc) is 2.73. The molecule has 3 aromatic rings. The van der Waals surface area contributed by atoms with Crippen LogP contribution in [-0.4, -0.2) is 22.4 Å². The molecule has 0 aliphatic carbocycles. The Morgan fingerprint density at radius 1 is 1.15 bits per heavy atom. The number of aryl methyl sites for hydroxylation is 1. The zero-order chi connectivity index (χ0) is 18.6. The topological polar surface area (TPSA) is 81.9 Å². The summed E-state index contributed by atoms with van der Waals surface area (Å²) in [7, 11) is 0. The summed E-state index contributed by atoms with van der Waals surface area (Å²) >= 11 is 0. The third-order valence-corrected chi connectivity index (χ3v) is 4.48. The molecule has 0 unspecified atom stereocenters. The fourth-order valence-electron chi connectivity index (χ4n) is 3.21. The molecule has 132 valence electrons. The second-order valence-corrected chi connectivity index (χ2v) is 6.27. The molecule has 27 heavy (non-hydrogen) atoms. The number of amides is 1. The van der Waals surface area contributed by atoms with Crippen LogP contribution >= 0.6 is 0 Å². The number of nitrogens with zero attached hydrogens (tertiary/aromatic N) is 4. The van der Waals surface area contributed by atoms with E-state index in [0.29, 0.717) is 17.2 Å². The highest BCUT2D eigenvalue weighted by Crippen LogP contribution is 2.31. The first-order valence-electron chi connectivity index (χ1n) is 8.74. The van der Waals surface area contributed by atoms with Crippen LogP contribution in [0, 0.1) is 11.3 Å². The first-order chi connectivity index (χ1) is 13.2. The molecule has 0 saturated carbocycles. The van der Waals surface area contributed by atoms with Gasteiger partial charge in [-0.2, -0.15) is 5.26 Å². The number of fused-ring (bicyclic) bond motifs is 1. The smallest absolute Gasteiger partial charge is 0.274 e. The highest BCUT2D eigenvalue weighted by molar-refractivity contribution is 6.03. The predicted octanol–water partition coefficient (Wildman–Crippen LogP) is 3.68. The summed E-state index contributed by atoms with van der Waals surface area (Å²) in [5.41, 5.74) is 3.67. The Hall–Kier alpha value is -3.72. The van der Waals surface area contributed by atoms with Crippen LogP contribution < -0.4 is 10.2 Å². The summed E-state index contributed by atoms with van der Waals surface area (Å²) in [5.74, 6) is 0.180. The van der Waals surface area contributed by atoms with Gasteiger partial charge in [0.25, 0.3) is 5.91 Å². The molecular formula is C21H17N5O. The zero-order valence-electron chi connectivity index (χ0n) is 14.6. The fraction of sp³-hybridized carbons (Fsp3) is 0.143. The molecule has 2 aromatic carbocycles. The van der Waals surface area contributed by atoms with E-state index in [1.165, 1.54) is 5.56 Å². The van der Waals surface area contributed by atoms with Gasteiger partial charge in [-0.15, -0.1) is 0 Å². The number of carbonyl (C=O) groups excluding carboxylic acids is 1. The number of benzene rings is 2. The second kappa shape index (κ2) is 7.26. The molecule has 6 nitrogen and oxygen atoms in total. The summed E-state index contributed by atoms with van der Waals surface area (Å²) in [6.07, 6.45) is 3.64. The van der Waals surface area contributed by atoms with Gasteiger partial charge in [0, 0.05) is 24.1 Å². The van der Waals surface area contributed by atoms with Gasteiger partial charge in [0.15, 0.2) is 0 Å². The lowest BCUT2D eigenvalue weighted by Crippen LogP contribution is -2.27. The van der Waals surface area contributed by atoms with Gasteiger partial charge >= 0.3 is 0 Å². The Kier molecular flexibility index (Phi) is 4.50. The van der Waals surface area contributed by atoms with Crippen molar-refractivity contribution >= 4 is 23.2 Å². The number of nitriles is 1. The maximum atomic E-state index is 12.6. The van der Waals surface area contributed by atoms with Gasteiger partial charge in [0.1, 0.15) is 5.69 Å². The summed E-state index contributed by atoms with van der Waals surface area (Å²) in [4.78, 5) is 23.5. The van der Waals surface area contributed by atoms with Crippen molar-refractivity contribution in [2.75, 3.05) is 16.8 Å². The van der Waals surface area contributed by atoms with Gasteiger partial charge in [0.05, 0.1) is 11.6 Å². The molecule has 0 saturated heterocycles. The Morgan fingerprint density at radius 3 is 2.93 bits per heavy atom. The molecular weight excluding hydrogens is 338 g/mol. The number of para-hydroxylation sites is 1. The summed E-state index contributed by atoms with van der Waals surface area (Å²) in [6, 6.07) is 18.6. The molecule has 1 N–H and O–H groups in total. The first kappa shape index (κ1) is 16.7. The molecule has 1 aliphatic rings. The Morgan fingerprint density at radius 2 is 2.04 bits per heavy atom. The van der Waals surface area contributed by atoms with Gasteiger partial charge in [-0.1, -0.05) is 24.3 Å². The molecule has 2 heterocycles. The first-order valence-corrected chi connectivity index (χ1v) is 8.74. The van der Waals surface area contributed by atoms with Crippen molar-refractivity contribution < 1.29 is 4.79 Å². The van der Waals surface area contributed by atoms with Crippen molar-refractivity contribution in [1.29, 1.82) is 5.26 Å². The predicted molar refractivity (Wildman–Crippen MR) is 103 cm³/mol. The van der Waals surface area contributed by atoms with E-state index in [2.05, 4.69) is 33.5 Å². The van der Waals surface area contributed by atoms with E-state index in [1.54, 1.807) is 36.5 Å². The number of aromatic nitrogens is 2. The highest BCUT2D eigenvalue weighted by Gasteiger charge is 2.21. The third kappa shape index (κ3) is 3.48. The third-order valence-electron chi connectivity index (χ3n) is 4.48. The van der Waals surface area contributed by atoms with E-state index < -0.39 is 0 Å². The van der Waals surface area contributed by atoms with Crippen molar-refractivity contribution in [1.82, 2.24) is 9.97 Å². The number of nitrogens with one attached hydrogen (secondary N) is 1. The van der Waals surface area contributed by atoms with E-state index in [9.17, 15) is 4.79 Å². The largest absolute Gasteiger partial charge is 0.321 e. The molecule has 1 aliphatic heterocycles. The summed E-state index contributed by atoms with van der Waals surface area (Å²) in [6.45, 7) is 0.812. The molecule has 0 bridgehead atoms. The second-order valence-electron chi connectivity index (χ2n) is 6.27. The average molecular weight is 355 g/mol. The van der Waals surface area contributed by atoms with Crippen LogP contribution in [0.2, 0.25) is 0 Å². The molecule has 4 rings (SSSR count). The van der Waals surface area contributed by atoms with E-state index in [4.69, 9.17) is 5.26 Å².